The van der Waals surface area contributed by atoms with E-state index in [1.54, 1.807) is 0 Å². The van der Waals surface area contributed by atoms with E-state index in [4.69, 9.17) is 0 Å². The number of carbonyl (C=O) groups is 1. The van der Waals surface area contributed by atoms with Crippen LogP contribution in [0.4, 0.5) is 0 Å². The molecule has 2 rings (SSSR count). The smallest absolute Gasteiger partial charge is 0.224 e. The second kappa shape index (κ2) is 6.20. The molecule has 0 aliphatic heterocycles. The minimum Gasteiger partial charge on any atom is -0.350 e. The van der Waals surface area contributed by atoms with Crippen LogP contribution in [0.3, 0.4) is 0 Å². The first-order valence-electron chi connectivity index (χ1n) is 6.25. The number of amides is 1. The Bertz CT molecular complexity index is 410. The predicted octanol–water partition coefficient (Wildman–Crippen LogP) is 3.82. The van der Waals surface area contributed by atoms with Gasteiger partial charge in [-0.3, -0.25) is 4.79 Å². The van der Waals surface area contributed by atoms with Gasteiger partial charge in [0.15, 0.2) is 0 Å². The van der Waals surface area contributed by atoms with Gasteiger partial charge in [0.25, 0.3) is 0 Å². The molecular weight excluding hydrogens is 358 g/mol. The van der Waals surface area contributed by atoms with E-state index in [0.717, 1.165) is 28.2 Å². The van der Waals surface area contributed by atoms with E-state index in [1.165, 1.54) is 12.8 Å². The molecule has 1 aliphatic rings. The molecule has 1 aromatic carbocycles. The Kier molecular flexibility index (Phi) is 4.84. The highest BCUT2D eigenvalue weighted by atomic mass is 79.9. The van der Waals surface area contributed by atoms with Gasteiger partial charge in [-0.15, -0.1) is 0 Å². The largest absolute Gasteiger partial charge is 0.350 e. The molecule has 1 aromatic rings. The van der Waals surface area contributed by atoms with Crippen LogP contribution in [0.5, 0.6) is 0 Å². The fourth-order valence-electron chi connectivity index (χ4n) is 2.47. The van der Waals surface area contributed by atoms with Crippen LogP contribution in [-0.4, -0.2) is 16.8 Å². The second-order valence-electron chi connectivity index (χ2n) is 4.97. The van der Waals surface area contributed by atoms with Crippen molar-refractivity contribution in [2.45, 2.75) is 37.6 Å². The fourth-order valence-corrected chi connectivity index (χ4v) is 3.44. The highest BCUT2D eigenvalue weighted by molar-refractivity contribution is 9.10. The Morgan fingerprint density at radius 3 is 2.39 bits per heavy atom. The van der Waals surface area contributed by atoms with E-state index in [2.05, 4.69) is 37.2 Å². The normalized spacial score (nSPS) is 17.7. The maximum Gasteiger partial charge on any atom is 0.224 e. The maximum atomic E-state index is 12.1. The Balaban J connectivity index is 1.94. The quantitative estimate of drug-likeness (QED) is 0.797. The number of halogens is 2. The number of benzene rings is 1. The number of alkyl halides is 1. The van der Waals surface area contributed by atoms with Gasteiger partial charge in [0.1, 0.15) is 0 Å². The minimum atomic E-state index is -0.00749. The molecule has 1 aliphatic carbocycles. The summed E-state index contributed by atoms with van der Waals surface area (Å²) < 4.78 is 1.04. The van der Waals surface area contributed by atoms with Crippen LogP contribution in [0, 0.1) is 0 Å². The predicted molar refractivity (Wildman–Crippen MR) is 81.0 cm³/mol. The third kappa shape index (κ3) is 3.58. The molecule has 2 nitrogen and oxygen atoms in total. The van der Waals surface area contributed by atoms with Crippen LogP contribution in [0.2, 0.25) is 0 Å². The zero-order valence-electron chi connectivity index (χ0n) is 10.2. The van der Waals surface area contributed by atoms with Crippen molar-refractivity contribution in [3.63, 3.8) is 0 Å². The van der Waals surface area contributed by atoms with Crippen LogP contribution < -0.4 is 5.32 Å². The average Bonchev–Trinajstić information content (AvgIpc) is 2.81. The molecule has 98 valence electrons. The van der Waals surface area contributed by atoms with E-state index in [0.29, 0.717) is 6.42 Å². The lowest BCUT2D eigenvalue weighted by molar-refractivity contribution is -0.122. The summed E-state index contributed by atoms with van der Waals surface area (Å²) in [5, 5.41) is 4.06. The molecule has 0 radical (unpaired) electrons. The lowest BCUT2D eigenvalue weighted by Gasteiger charge is -2.28. The van der Waals surface area contributed by atoms with Crippen molar-refractivity contribution in [3.8, 4) is 0 Å². The van der Waals surface area contributed by atoms with E-state index in [-0.39, 0.29) is 11.4 Å². The van der Waals surface area contributed by atoms with Crippen LogP contribution in [-0.2, 0) is 11.2 Å². The van der Waals surface area contributed by atoms with Gasteiger partial charge in [0.05, 0.1) is 6.42 Å². The number of rotatable bonds is 4. The zero-order valence-corrected chi connectivity index (χ0v) is 13.4. The Morgan fingerprint density at radius 1 is 1.22 bits per heavy atom. The van der Waals surface area contributed by atoms with Crippen LogP contribution >= 0.6 is 31.9 Å². The second-order valence-corrected chi connectivity index (χ2v) is 6.45. The van der Waals surface area contributed by atoms with Gasteiger partial charge in [-0.1, -0.05) is 56.8 Å². The SMILES string of the molecule is O=C(Cc1ccc(Br)cc1)NC1(CBr)CCCC1. The van der Waals surface area contributed by atoms with E-state index in [1.807, 2.05) is 24.3 Å². The lowest BCUT2D eigenvalue weighted by atomic mass is 10.00. The first kappa shape index (κ1) is 14.1. The first-order valence-corrected chi connectivity index (χ1v) is 8.16. The fraction of sp³-hybridized carbons (Fsp3) is 0.500. The summed E-state index contributed by atoms with van der Waals surface area (Å²) in [5.41, 5.74) is 1.05. The molecule has 1 fully saturated rings. The van der Waals surface area contributed by atoms with Crippen LogP contribution in [0.15, 0.2) is 28.7 Å². The third-order valence-electron chi connectivity index (χ3n) is 3.50. The van der Waals surface area contributed by atoms with Gasteiger partial charge >= 0.3 is 0 Å². The molecule has 4 heteroatoms. The van der Waals surface area contributed by atoms with Gasteiger partial charge in [-0.2, -0.15) is 0 Å². The molecule has 0 aromatic heterocycles. The first-order chi connectivity index (χ1) is 8.63. The highest BCUT2D eigenvalue weighted by Crippen LogP contribution is 2.31. The van der Waals surface area contributed by atoms with Gasteiger partial charge in [-0.05, 0) is 30.5 Å². The Morgan fingerprint density at radius 2 is 1.83 bits per heavy atom. The summed E-state index contributed by atoms with van der Waals surface area (Å²) in [4.78, 5) is 12.1. The summed E-state index contributed by atoms with van der Waals surface area (Å²) in [5.74, 6) is 0.124. The van der Waals surface area contributed by atoms with E-state index in [9.17, 15) is 4.79 Å². The highest BCUT2D eigenvalue weighted by Gasteiger charge is 2.33. The molecule has 1 N–H and O–H groups in total. The summed E-state index contributed by atoms with van der Waals surface area (Å²) in [6, 6.07) is 7.91. The molecule has 0 heterocycles. The van der Waals surface area contributed by atoms with Crippen molar-refractivity contribution in [2.75, 3.05) is 5.33 Å². The van der Waals surface area contributed by atoms with Crippen LogP contribution in [0.25, 0.3) is 0 Å². The summed E-state index contributed by atoms with van der Waals surface area (Å²) in [6.07, 6.45) is 5.06. The number of nitrogens with one attached hydrogen (secondary N) is 1. The topological polar surface area (TPSA) is 29.1 Å². The van der Waals surface area contributed by atoms with E-state index >= 15 is 0 Å². The molecule has 0 unspecified atom stereocenters. The Hall–Kier alpha value is -0.350. The van der Waals surface area contributed by atoms with Gasteiger partial charge in [0.2, 0.25) is 5.91 Å². The van der Waals surface area contributed by atoms with Crippen molar-refractivity contribution in [2.24, 2.45) is 0 Å². The Labute approximate surface area is 125 Å². The molecule has 1 amide bonds. The van der Waals surface area contributed by atoms with Gasteiger partial charge in [-0.25, -0.2) is 0 Å². The van der Waals surface area contributed by atoms with Gasteiger partial charge < -0.3 is 5.32 Å². The van der Waals surface area contributed by atoms with Gasteiger partial charge in [0, 0.05) is 15.3 Å². The molecule has 0 bridgehead atoms. The minimum absolute atomic E-state index is 0.00749. The van der Waals surface area contributed by atoms with Crippen molar-refractivity contribution in [1.29, 1.82) is 0 Å². The molecule has 0 spiro atoms. The lowest BCUT2D eigenvalue weighted by Crippen LogP contribution is -2.48. The van der Waals surface area contributed by atoms with Crippen molar-refractivity contribution < 1.29 is 4.79 Å². The standard InChI is InChI=1S/C14H17Br2NO/c15-10-14(7-1-2-8-14)17-13(18)9-11-3-5-12(16)6-4-11/h3-6H,1-2,7-10H2,(H,17,18). The van der Waals surface area contributed by atoms with Crippen molar-refractivity contribution in [1.82, 2.24) is 5.32 Å². The molecule has 18 heavy (non-hydrogen) atoms. The number of carbonyl (C=O) groups excluding carboxylic acids is 1. The average molecular weight is 375 g/mol. The molecule has 1 saturated carbocycles. The summed E-state index contributed by atoms with van der Waals surface area (Å²) in [6.45, 7) is 0. The third-order valence-corrected chi connectivity index (χ3v) is 5.10. The zero-order chi connectivity index (χ0) is 13.0. The summed E-state index contributed by atoms with van der Waals surface area (Å²) >= 11 is 6.93. The molecule has 0 saturated heterocycles. The maximum absolute atomic E-state index is 12.1. The molecule has 0 atom stereocenters. The van der Waals surface area contributed by atoms with E-state index < -0.39 is 0 Å². The van der Waals surface area contributed by atoms with Crippen molar-refractivity contribution >= 4 is 37.8 Å². The van der Waals surface area contributed by atoms with Crippen LogP contribution in [0.1, 0.15) is 31.2 Å². The monoisotopic (exact) mass is 373 g/mol. The van der Waals surface area contributed by atoms with Crippen molar-refractivity contribution in [3.05, 3.63) is 34.3 Å². The number of hydrogen-bond donors (Lipinski definition) is 1. The number of hydrogen-bond acceptors (Lipinski definition) is 1. The summed E-state index contributed by atoms with van der Waals surface area (Å²) in [7, 11) is 0. The molecular formula is C14H17Br2NO.